The first kappa shape index (κ1) is 32.3. The van der Waals surface area contributed by atoms with Gasteiger partial charge in [0.1, 0.15) is 6.61 Å². The van der Waals surface area contributed by atoms with E-state index in [0.717, 1.165) is 14.7 Å². The van der Waals surface area contributed by atoms with Crippen LogP contribution in [-0.4, -0.2) is 37.5 Å². The average molecular weight is 741 g/mol. The summed E-state index contributed by atoms with van der Waals surface area (Å²) in [6.07, 6.45) is 3.26. The highest BCUT2D eigenvalue weighted by Gasteiger charge is 2.31. The Balaban J connectivity index is 1.54. The molecular formula is C34H33IN2O7S. The van der Waals surface area contributed by atoms with Gasteiger partial charge in [-0.1, -0.05) is 35.6 Å². The Labute approximate surface area is 278 Å². The predicted octanol–water partition coefficient (Wildman–Crippen LogP) is 5.40. The fourth-order valence-corrected chi connectivity index (χ4v) is 6.21. The number of thiazole rings is 1. The summed E-state index contributed by atoms with van der Waals surface area (Å²) in [6.45, 7) is 7.41. The highest BCUT2D eigenvalue weighted by Crippen LogP contribution is 2.35. The van der Waals surface area contributed by atoms with E-state index in [2.05, 4.69) is 27.6 Å². The van der Waals surface area contributed by atoms with Crippen molar-refractivity contribution in [3.63, 3.8) is 0 Å². The number of nitrogens with zero attached hydrogens (tertiary/aromatic N) is 2. The van der Waals surface area contributed by atoms with E-state index in [4.69, 9.17) is 23.7 Å². The Morgan fingerprint density at radius 3 is 2.22 bits per heavy atom. The van der Waals surface area contributed by atoms with Gasteiger partial charge in [0.2, 0.25) is 0 Å². The van der Waals surface area contributed by atoms with Crippen LogP contribution in [0.2, 0.25) is 0 Å². The van der Waals surface area contributed by atoms with E-state index in [1.807, 2.05) is 69.3 Å². The topological polar surface area (TPSA) is 97.6 Å². The lowest BCUT2D eigenvalue weighted by molar-refractivity contribution is -0.136. The molecule has 0 bridgehead atoms. The molecule has 2 heterocycles. The summed E-state index contributed by atoms with van der Waals surface area (Å²) < 4.78 is 31.7. The van der Waals surface area contributed by atoms with E-state index in [0.29, 0.717) is 64.3 Å². The third-order valence-corrected chi connectivity index (χ3v) is 8.60. The van der Waals surface area contributed by atoms with Crippen molar-refractivity contribution in [1.29, 1.82) is 0 Å². The Morgan fingerprint density at radius 2 is 1.53 bits per heavy atom. The largest absolute Gasteiger partial charge is 0.490 e. The van der Waals surface area contributed by atoms with Crippen LogP contribution in [0.4, 0.5) is 0 Å². The van der Waals surface area contributed by atoms with Crippen LogP contribution < -0.4 is 33.8 Å². The number of carbonyl (C=O) groups excluding carboxylic acids is 1. The van der Waals surface area contributed by atoms with Crippen LogP contribution in [0, 0.1) is 3.57 Å². The van der Waals surface area contributed by atoms with E-state index < -0.39 is 12.0 Å². The van der Waals surface area contributed by atoms with Gasteiger partial charge in [-0.15, -0.1) is 0 Å². The molecule has 0 amide bonds. The molecule has 4 aromatic rings. The van der Waals surface area contributed by atoms with E-state index >= 15 is 0 Å². The molecule has 1 aliphatic rings. The van der Waals surface area contributed by atoms with Crippen LogP contribution in [0.15, 0.2) is 82.2 Å². The number of methoxy groups -OCH3 is 1. The van der Waals surface area contributed by atoms with Gasteiger partial charge < -0.3 is 23.7 Å². The number of fused-ring (bicyclic) bond motifs is 1. The predicted molar refractivity (Wildman–Crippen MR) is 181 cm³/mol. The van der Waals surface area contributed by atoms with Gasteiger partial charge in [-0.3, -0.25) is 9.36 Å². The lowest BCUT2D eigenvalue weighted by Crippen LogP contribution is -2.39. The third-order valence-electron chi connectivity index (χ3n) is 6.88. The molecular weight excluding hydrogens is 707 g/mol. The number of ether oxygens (including phenoxy) is 5. The zero-order chi connectivity index (χ0) is 31.9. The fourth-order valence-electron chi connectivity index (χ4n) is 4.88. The molecule has 0 saturated heterocycles. The van der Waals surface area contributed by atoms with Gasteiger partial charge in [0.15, 0.2) is 27.8 Å². The van der Waals surface area contributed by atoms with Gasteiger partial charge in [-0.2, -0.15) is 0 Å². The van der Waals surface area contributed by atoms with Crippen LogP contribution in [0.25, 0.3) is 6.08 Å². The van der Waals surface area contributed by atoms with Gasteiger partial charge in [-0.05, 0) is 103 Å². The summed E-state index contributed by atoms with van der Waals surface area (Å²) in [6, 6.07) is 18.3. The maximum Gasteiger partial charge on any atom is 0.337 e. The van der Waals surface area contributed by atoms with Crippen LogP contribution in [0.1, 0.15) is 43.5 Å². The molecule has 0 spiro atoms. The molecule has 5 rings (SSSR count). The van der Waals surface area contributed by atoms with Crippen molar-refractivity contribution in [2.24, 2.45) is 4.99 Å². The highest BCUT2D eigenvalue weighted by atomic mass is 127. The van der Waals surface area contributed by atoms with Gasteiger partial charge in [0, 0.05) is 9.77 Å². The molecule has 3 aromatic carbocycles. The maximum absolute atomic E-state index is 14.0. The van der Waals surface area contributed by atoms with Crippen LogP contribution >= 0.6 is 33.9 Å². The van der Waals surface area contributed by atoms with Gasteiger partial charge in [0.05, 0.1) is 43.1 Å². The van der Waals surface area contributed by atoms with E-state index in [9.17, 15) is 9.59 Å². The normalized spacial score (nSPS) is 14.2. The molecule has 9 nitrogen and oxygen atoms in total. The first-order valence-corrected chi connectivity index (χ1v) is 16.4. The third kappa shape index (κ3) is 7.25. The second-order valence-electron chi connectivity index (χ2n) is 9.80. The minimum absolute atomic E-state index is 0.233. The van der Waals surface area contributed by atoms with E-state index in [1.54, 1.807) is 18.2 Å². The minimum atomic E-state index is -0.776. The van der Waals surface area contributed by atoms with Crippen LogP contribution in [-0.2, 0) is 16.1 Å². The molecule has 0 radical (unpaired) electrons. The second-order valence-corrected chi connectivity index (χ2v) is 12.1. The number of rotatable bonds is 12. The molecule has 0 aliphatic carbocycles. The Bertz CT molecular complexity index is 1900. The molecule has 11 heteroatoms. The molecule has 0 fully saturated rings. The van der Waals surface area contributed by atoms with Gasteiger partial charge in [-0.25, -0.2) is 9.79 Å². The number of halogens is 1. The van der Waals surface area contributed by atoms with Crippen molar-refractivity contribution in [3.8, 4) is 23.0 Å². The number of carbonyl (C=O) groups is 1. The second kappa shape index (κ2) is 14.8. The summed E-state index contributed by atoms with van der Waals surface area (Å²) >= 11 is 3.51. The van der Waals surface area contributed by atoms with E-state index in [-0.39, 0.29) is 11.1 Å². The van der Waals surface area contributed by atoms with E-state index in [1.165, 1.54) is 29.2 Å². The highest BCUT2D eigenvalue weighted by molar-refractivity contribution is 14.1. The van der Waals surface area contributed by atoms with Crippen molar-refractivity contribution in [2.75, 3.05) is 26.9 Å². The summed E-state index contributed by atoms with van der Waals surface area (Å²) in [5.74, 6) is 1.71. The fraction of sp³-hybridized carbons (Fsp3) is 0.265. The zero-order valence-corrected chi connectivity index (χ0v) is 28.3. The monoisotopic (exact) mass is 740 g/mol. The van der Waals surface area contributed by atoms with Crippen molar-refractivity contribution >= 4 is 46.0 Å². The molecule has 1 atom stereocenters. The summed E-state index contributed by atoms with van der Waals surface area (Å²) in [7, 11) is 1.30. The SMILES string of the molecule is CCOc1ccc([C@@H]2C(C(=O)OC)=CN=c3s/c(=C\c4ccc(OCc5ccc(I)cc5)c(OCC)c4)c(=O)n32)cc1OCC. The smallest absolute Gasteiger partial charge is 0.337 e. The maximum atomic E-state index is 14.0. The average Bonchev–Trinajstić information content (AvgIpc) is 3.36. The van der Waals surface area contributed by atoms with Crippen molar-refractivity contribution in [3.05, 3.63) is 112 Å². The number of hydrogen-bond donors (Lipinski definition) is 0. The lowest BCUT2D eigenvalue weighted by atomic mass is 9.97. The Kier molecular flexibility index (Phi) is 10.6. The molecule has 1 aromatic heterocycles. The van der Waals surface area contributed by atoms with Gasteiger partial charge in [0.25, 0.3) is 5.56 Å². The minimum Gasteiger partial charge on any atom is -0.490 e. The van der Waals surface area contributed by atoms with Crippen LogP contribution in [0.3, 0.4) is 0 Å². The molecule has 0 N–H and O–H groups in total. The number of benzene rings is 3. The number of aromatic nitrogens is 1. The molecule has 0 saturated carbocycles. The molecule has 1 aliphatic heterocycles. The lowest BCUT2D eigenvalue weighted by Gasteiger charge is -2.23. The summed E-state index contributed by atoms with van der Waals surface area (Å²) in [5.41, 5.74) is 2.41. The summed E-state index contributed by atoms with van der Waals surface area (Å²) in [4.78, 5) is 31.8. The standard InChI is InChI=1S/C34H33IN2O7S/c1-5-41-26-15-11-23(18-29(26)43-7-3)31-25(33(39)40-4)19-36-34-37(31)32(38)30(45-34)17-22-10-14-27(28(16-22)42-6-2)44-20-21-8-12-24(35)13-9-21/h8-19,31H,5-7,20H2,1-4H3/b30-17-/t31-/m1/s1. The zero-order valence-electron chi connectivity index (χ0n) is 25.4. The Hall–Kier alpha value is -4.10. The van der Waals surface area contributed by atoms with Gasteiger partial charge >= 0.3 is 5.97 Å². The van der Waals surface area contributed by atoms with Crippen molar-refractivity contribution in [1.82, 2.24) is 4.57 Å². The van der Waals surface area contributed by atoms with Crippen LogP contribution in [0.5, 0.6) is 23.0 Å². The molecule has 45 heavy (non-hydrogen) atoms. The Morgan fingerprint density at radius 1 is 0.889 bits per heavy atom. The van der Waals surface area contributed by atoms with Crippen molar-refractivity contribution in [2.45, 2.75) is 33.4 Å². The summed E-state index contributed by atoms with van der Waals surface area (Å²) in [5, 5.41) is 0. The molecule has 0 unspecified atom stereocenters. The quantitative estimate of drug-likeness (QED) is 0.142. The number of hydrogen-bond acceptors (Lipinski definition) is 9. The first-order valence-electron chi connectivity index (χ1n) is 14.5. The molecule has 234 valence electrons. The van der Waals surface area contributed by atoms with Crippen molar-refractivity contribution < 1.29 is 28.5 Å². The number of esters is 1. The first-order chi connectivity index (χ1) is 21.9.